The Morgan fingerprint density at radius 3 is 1.72 bits per heavy atom. The molecule has 12 heteroatoms. The van der Waals surface area contributed by atoms with Crippen molar-refractivity contribution in [3.63, 3.8) is 0 Å². The highest BCUT2D eigenvalue weighted by atomic mass is 16.3. The van der Waals surface area contributed by atoms with E-state index in [1.54, 1.807) is 12.4 Å². The summed E-state index contributed by atoms with van der Waals surface area (Å²) >= 11 is 0. The largest absolute Gasteiger partial charge is 0.456 e. The molecule has 0 atom stereocenters. The van der Waals surface area contributed by atoms with Gasteiger partial charge < -0.3 is 18.8 Å². The average molecular weight is 789 g/mol. The maximum absolute atomic E-state index is 6.93. The first-order valence-corrected chi connectivity index (χ1v) is 19.7. The molecule has 0 radical (unpaired) electrons. The van der Waals surface area contributed by atoms with Crippen molar-refractivity contribution in [1.82, 2.24) is 50.1 Å². The standard InChI is InChI=1S/C49H28N10O2/c1-5-15-31-27(11-1)23-35(56-54-31)41-42(39-25-29-13-3-9-19-37(29)60-39)43(40-26-30-14-4-10-20-38(30)61-40)45(48-52-33-17-7-8-18-34(33)53-48)47-44(41)46(58-59(47)49-50-21-22-51-49)36-24-28-12-2-6-16-32(28)55-57-36/h1-26H,(H,50,51)(H,52,53). The minimum Gasteiger partial charge on any atom is -0.456 e. The highest BCUT2D eigenvalue weighted by molar-refractivity contribution is 6.20. The molecular formula is C49H28N10O2. The van der Waals surface area contributed by atoms with Crippen molar-refractivity contribution in [3.05, 3.63) is 158 Å². The molecule has 0 amide bonds. The van der Waals surface area contributed by atoms with E-state index in [0.717, 1.165) is 54.8 Å². The predicted octanol–water partition coefficient (Wildman–Crippen LogP) is 11.3. The van der Waals surface area contributed by atoms with Crippen LogP contribution >= 0.6 is 0 Å². The SMILES string of the molecule is c1ccc2nnc(-c3nn(-c4ncc[nH]4)c4c(-c5nc6ccccc6[nH]5)c(-c5cc6ccccc6o5)c(-c5cc6ccccc6o5)c(-c5cc6ccccc6nn5)c34)cc2c1. The van der Waals surface area contributed by atoms with Gasteiger partial charge in [0.1, 0.15) is 39.9 Å². The van der Waals surface area contributed by atoms with Crippen molar-refractivity contribution < 1.29 is 8.83 Å². The number of nitrogens with zero attached hydrogens (tertiary/aromatic N) is 8. The topological polar surface area (TPSA) is 153 Å². The number of aromatic nitrogens is 10. The minimum absolute atomic E-state index is 0.477. The molecule has 0 bridgehead atoms. The van der Waals surface area contributed by atoms with Crippen LogP contribution in [-0.4, -0.2) is 50.1 Å². The summed E-state index contributed by atoms with van der Waals surface area (Å²) in [4.78, 5) is 17.1. The Bertz CT molecular complexity index is 3760. The molecule has 6 aromatic carbocycles. The number of benzene rings is 6. The Kier molecular flexibility index (Phi) is 7.01. The normalized spacial score (nSPS) is 11.9. The molecule has 0 aliphatic carbocycles. The second-order valence-corrected chi connectivity index (χ2v) is 14.9. The van der Waals surface area contributed by atoms with Gasteiger partial charge in [0, 0.05) is 56.0 Å². The monoisotopic (exact) mass is 788 g/mol. The highest BCUT2D eigenvalue weighted by Gasteiger charge is 2.35. The smallest absolute Gasteiger partial charge is 0.228 e. The lowest BCUT2D eigenvalue weighted by atomic mass is 9.86. The molecule has 13 rings (SSSR count). The molecule has 0 fully saturated rings. The molecule has 0 unspecified atom stereocenters. The maximum atomic E-state index is 6.93. The lowest BCUT2D eigenvalue weighted by Gasteiger charge is -2.19. The van der Waals surface area contributed by atoms with Gasteiger partial charge in [-0.15, -0.1) is 20.4 Å². The quantitative estimate of drug-likeness (QED) is 0.168. The first kappa shape index (κ1) is 33.2. The van der Waals surface area contributed by atoms with Crippen LogP contribution in [0.4, 0.5) is 0 Å². The third-order valence-corrected chi connectivity index (χ3v) is 11.3. The van der Waals surface area contributed by atoms with Crippen LogP contribution in [0.2, 0.25) is 0 Å². The third kappa shape index (κ3) is 5.15. The van der Waals surface area contributed by atoms with E-state index in [1.807, 2.05) is 132 Å². The molecule has 7 heterocycles. The molecular weight excluding hydrogens is 761 g/mol. The van der Waals surface area contributed by atoms with Crippen molar-refractivity contribution in [1.29, 1.82) is 0 Å². The van der Waals surface area contributed by atoms with E-state index in [-0.39, 0.29) is 0 Å². The lowest BCUT2D eigenvalue weighted by molar-refractivity contribution is 0.624. The minimum atomic E-state index is 0.477. The first-order chi connectivity index (χ1) is 30.2. The Labute approximate surface area is 344 Å². The summed E-state index contributed by atoms with van der Waals surface area (Å²) in [6.45, 7) is 0. The van der Waals surface area contributed by atoms with Gasteiger partial charge in [0.25, 0.3) is 0 Å². The molecule has 0 saturated heterocycles. The molecule has 13 aromatic rings. The summed E-state index contributed by atoms with van der Waals surface area (Å²) in [7, 11) is 0. The predicted molar refractivity (Wildman–Crippen MR) is 236 cm³/mol. The number of H-pyrrole nitrogens is 2. The lowest BCUT2D eigenvalue weighted by Crippen LogP contribution is -2.03. The average Bonchev–Trinajstić information content (AvgIpc) is 4.17. The second-order valence-electron chi connectivity index (χ2n) is 14.9. The van der Waals surface area contributed by atoms with Crippen molar-refractivity contribution in [2.75, 3.05) is 0 Å². The van der Waals surface area contributed by atoms with Crippen LogP contribution in [0.15, 0.2) is 167 Å². The van der Waals surface area contributed by atoms with Crippen LogP contribution in [0.3, 0.4) is 0 Å². The maximum Gasteiger partial charge on any atom is 0.228 e. The number of rotatable bonds is 6. The van der Waals surface area contributed by atoms with Crippen molar-refractivity contribution in [2.24, 2.45) is 0 Å². The van der Waals surface area contributed by atoms with E-state index in [0.29, 0.717) is 73.5 Å². The Balaban J connectivity index is 1.31. The second kappa shape index (κ2) is 12.9. The number of furan rings is 2. The highest BCUT2D eigenvalue weighted by Crippen LogP contribution is 2.54. The summed E-state index contributed by atoms with van der Waals surface area (Å²) in [5.41, 5.74) is 9.77. The number of nitrogens with one attached hydrogen (secondary N) is 2. The molecule has 0 saturated carbocycles. The van der Waals surface area contributed by atoms with Crippen LogP contribution in [-0.2, 0) is 0 Å². The van der Waals surface area contributed by atoms with Crippen LogP contribution in [0.1, 0.15) is 0 Å². The summed E-state index contributed by atoms with van der Waals surface area (Å²) in [6, 6.07) is 48.0. The number of hydrogen-bond acceptors (Lipinski definition) is 9. The van der Waals surface area contributed by atoms with E-state index in [4.69, 9.17) is 39.2 Å². The van der Waals surface area contributed by atoms with Gasteiger partial charge in [-0.3, -0.25) is 0 Å². The van der Waals surface area contributed by atoms with Crippen molar-refractivity contribution in [3.8, 4) is 62.6 Å². The third-order valence-electron chi connectivity index (χ3n) is 11.3. The zero-order valence-electron chi connectivity index (χ0n) is 31.9. The van der Waals surface area contributed by atoms with Crippen LogP contribution in [0.5, 0.6) is 0 Å². The Morgan fingerprint density at radius 2 is 1.08 bits per heavy atom. The van der Waals surface area contributed by atoms with Crippen LogP contribution in [0.25, 0.3) is 128 Å². The van der Waals surface area contributed by atoms with Gasteiger partial charge in [0.05, 0.1) is 38.8 Å². The van der Waals surface area contributed by atoms with Gasteiger partial charge in [-0.1, -0.05) is 84.9 Å². The molecule has 7 aromatic heterocycles. The van der Waals surface area contributed by atoms with Gasteiger partial charge in [-0.25, -0.2) is 9.97 Å². The number of hydrogen-bond donors (Lipinski definition) is 2. The van der Waals surface area contributed by atoms with E-state index in [2.05, 4.69) is 33.3 Å². The summed E-state index contributed by atoms with van der Waals surface area (Å²) in [5, 5.41) is 29.1. The first-order valence-electron chi connectivity index (χ1n) is 19.7. The van der Waals surface area contributed by atoms with E-state index >= 15 is 0 Å². The van der Waals surface area contributed by atoms with E-state index < -0.39 is 0 Å². The van der Waals surface area contributed by atoms with Gasteiger partial charge >= 0.3 is 0 Å². The van der Waals surface area contributed by atoms with Crippen LogP contribution < -0.4 is 0 Å². The zero-order valence-corrected chi connectivity index (χ0v) is 31.9. The van der Waals surface area contributed by atoms with Crippen molar-refractivity contribution in [2.45, 2.75) is 0 Å². The number of para-hydroxylation sites is 4. The summed E-state index contributed by atoms with van der Waals surface area (Å²) < 4.78 is 15.7. The summed E-state index contributed by atoms with van der Waals surface area (Å²) in [6.07, 6.45) is 3.48. The Hall–Kier alpha value is -8.77. The van der Waals surface area contributed by atoms with Gasteiger partial charge in [-0.05, 0) is 60.7 Å². The van der Waals surface area contributed by atoms with Crippen LogP contribution in [0, 0.1) is 0 Å². The molecule has 0 aliphatic heterocycles. The molecule has 0 aliphatic rings. The fourth-order valence-corrected chi connectivity index (χ4v) is 8.55. The number of imidazole rings is 2. The molecule has 2 N–H and O–H groups in total. The van der Waals surface area contributed by atoms with Gasteiger partial charge in [-0.2, -0.15) is 9.78 Å². The molecule has 0 spiro atoms. The zero-order chi connectivity index (χ0) is 40.0. The van der Waals surface area contributed by atoms with E-state index in [1.165, 1.54) is 0 Å². The Morgan fingerprint density at radius 1 is 0.508 bits per heavy atom. The van der Waals surface area contributed by atoms with Gasteiger partial charge in [0.15, 0.2) is 0 Å². The molecule has 286 valence electrons. The van der Waals surface area contributed by atoms with Gasteiger partial charge in [0.2, 0.25) is 5.95 Å². The van der Waals surface area contributed by atoms with E-state index in [9.17, 15) is 0 Å². The fraction of sp³-hybridized carbons (Fsp3) is 0. The number of fused-ring (bicyclic) bond motifs is 6. The fourth-order valence-electron chi connectivity index (χ4n) is 8.55. The van der Waals surface area contributed by atoms with Crippen molar-refractivity contribution >= 4 is 65.7 Å². The molecule has 61 heavy (non-hydrogen) atoms. The molecule has 12 nitrogen and oxygen atoms in total. The summed E-state index contributed by atoms with van der Waals surface area (Å²) in [5.74, 6) is 2.23. The number of aromatic amines is 2.